The average molecular weight is 329 g/mol. The summed E-state index contributed by atoms with van der Waals surface area (Å²) >= 11 is 0. The second-order valence-corrected chi connectivity index (χ2v) is 5.02. The van der Waals surface area contributed by atoms with E-state index in [0.29, 0.717) is 28.8 Å². The Kier molecular flexibility index (Phi) is 4.06. The normalized spacial score (nSPS) is 14.8. The third kappa shape index (κ3) is 3.64. The first-order valence-corrected chi connectivity index (χ1v) is 7.09. The molecule has 1 atom stereocenters. The smallest absolute Gasteiger partial charge is 0.407 e. The SMILES string of the molecule is CC(=O)Nc1ccc(Oc2ccc3c(n2)NC(NC(=O)O)N3)cc1. The maximum absolute atomic E-state index is 11.0. The van der Waals surface area contributed by atoms with Crippen molar-refractivity contribution < 1.29 is 19.4 Å². The molecule has 3 rings (SSSR count). The third-order valence-corrected chi connectivity index (χ3v) is 3.12. The molecule has 1 aliphatic rings. The Morgan fingerprint density at radius 2 is 1.92 bits per heavy atom. The second kappa shape index (κ2) is 6.32. The first-order chi connectivity index (χ1) is 11.5. The maximum Gasteiger partial charge on any atom is 0.407 e. The van der Waals surface area contributed by atoms with Crippen molar-refractivity contribution in [3.8, 4) is 11.6 Å². The van der Waals surface area contributed by atoms with Crippen LogP contribution in [0.5, 0.6) is 11.6 Å². The van der Waals surface area contributed by atoms with Gasteiger partial charge >= 0.3 is 6.09 Å². The molecule has 1 aliphatic heterocycles. The number of pyridine rings is 1. The Bertz CT molecular complexity index is 778. The van der Waals surface area contributed by atoms with Crippen LogP contribution in [0.2, 0.25) is 0 Å². The molecule has 1 unspecified atom stereocenters. The highest BCUT2D eigenvalue weighted by molar-refractivity contribution is 5.88. The molecule has 1 aromatic carbocycles. The van der Waals surface area contributed by atoms with Gasteiger partial charge in [0.05, 0.1) is 5.69 Å². The monoisotopic (exact) mass is 329 g/mol. The minimum absolute atomic E-state index is 0.146. The van der Waals surface area contributed by atoms with Crippen LogP contribution in [0, 0.1) is 0 Å². The number of nitrogens with zero attached hydrogens (tertiary/aromatic N) is 1. The highest BCUT2D eigenvalue weighted by Gasteiger charge is 2.22. The lowest BCUT2D eigenvalue weighted by molar-refractivity contribution is -0.114. The lowest BCUT2D eigenvalue weighted by atomic mass is 10.3. The molecule has 9 nitrogen and oxygen atoms in total. The first kappa shape index (κ1) is 15.4. The maximum atomic E-state index is 11.0. The second-order valence-electron chi connectivity index (χ2n) is 5.02. The average Bonchev–Trinajstić information content (AvgIpc) is 2.89. The van der Waals surface area contributed by atoms with Crippen LogP contribution in [0.3, 0.4) is 0 Å². The molecule has 9 heteroatoms. The summed E-state index contributed by atoms with van der Waals surface area (Å²) < 4.78 is 5.65. The number of benzene rings is 1. The van der Waals surface area contributed by atoms with Crippen molar-refractivity contribution in [1.82, 2.24) is 10.3 Å². The summed E-state index contributed by atoms with van der Waals surface area (Å²) in [5.74, 6) is 1.25. The molecular weight excluding hydrogens is 314 g/mol. The fourth-order valence-corrected chi connectivity index (χ4v) is 2.18. The number of hydrogen-bond acceptors (Lipinski definition) is 6. The molecule has 0 bridgehead atoms. The van der Waals surface area contributed by atoms with Crippen molar-refractivity contribution in [3.63, 3.8) is 0 Å². The molecule has 2 amide bonds. The molecule has 0 spiro atoms. The molecule has 124 valence electrons. The molecule has 0 saturated heterocycles. The summed E-state index contributed by atoms with van der Waals surface area (Å²) in [5.41, 5.74) is 1.34. The van der Waals surface area contributed by atoms with Gasteiger partial charge in [-0.1, -0.05) is 0 Å². The lowest BCUT2D eigenvalue weighted by Crippen LogP contribution is -2.42. The number of amides is 2. The fourth-order valence-electron chi connectivity index (χ4n) is 2.18. The van der Waals surface area contributed by atoms with E-state index in [1.807, 2.05) is 0 Å². The van der Waals surface area contributed by atoms with E-state index < -0.39 is 12.4 Å². The van der Waals surface area contributed by atoms with Gasteiger partial charge in [-0.3, -0.25) is 10.1 Å². The van der Waals surface area contributed by atoms with E-state index in [1.54, 1.807) is 36.4 Å². The van der Waals surface area contributed by atoms with Crippen molar-refractivity contribution in [3.05, 3.63) is 36.4 Å². The number of carboxylic acid groups (broad SMARTS) is 1. The van der Waals surface area contributed by atoms with Crippen molar-refractivity contribution in [2.45, 2.75) is 13.2 Å². The molecule has 24 heavy (non-hydrogen) atoms. The highest BCUT2D eigenvalue weighted by atomic mass is 16.5. The van der Waals surface area contributed by atoms with Crippen LogP contribution in [0.4, 0.5) is 22.0 Å². The van der Waals surface area contributed by atoms with E-state index >= 15 is 0 Å². The Balaban J connectivity index is 1.67. The number of rotatable bonds is 4. The van der Waals surface area contributed by atoms with Gasteiger partial charge in [0.25, 0.3) is 0 Å². The Labute approximate surface area is 137 Å². The van der Waals surface area contributed by atoms with Gasteiger partial charge in [0.15, 0.2) is 12.1 Å². The molecule has 2 aromatic rings. The number of hydrogen-bond donors (Lipinski definition) is 5. The summed E-state index contributed by atoms with van der Waals surface area (Å²) in [6.45, 7) is 1.44. The third-order valence-electron chi connectivity index (χ3n) is 3.12. The number of aromatic nitrogens is 1. The Morgan fingerprint density at radius 1 is 1.17 bits per heavy atom. The van der Waals surface area contributed by atoms with E-state index in [4.69, 9.17) is 9.84 Å². The molecular formula is C15H15N5O4. The van der Waals surface area contributed by atoms with E-state index in [-0.39, 0.29) is 5.91 Å². The number of carbonyl (C=O) groups is 2. The van der Waals surface area contributed by atoms with Crippen LogP contribution in [0.25, 0.3) is 0 Å². The van der Waals surface area contributed by atoms with Gasteiger partial charge in [-0.2, -0.15) is 4.98 Å². The predicted octanol–water partition coefficient (Wildman–Crippen LogP) is 2.22. The number of ether oxygens (including phenoxy) is 1. The van der Waals surface area contributed by atoms with Crippen LogP contribution >= 0.6 is 0 Å². The number of anilines is 3. The number of carbonyl (C=O) groups excluding carboxylic acids is 1. The summed E-state index contributed by atoms with van der Waals surface area (Å²) in [4.78, 5) is 25.9. The van der Waals surface area contributed by atoms with Crippen LogP contribution in [-0.4, -0.2) is 28.4 Å². The zero-order valence-electron chi connectivity index (χ0n) is 12.7. The quantitative estimate of drug-likeness (QED) is 0.582. The standard InChI is InChI=1S/C15H15N5O4/c1-8(21)16-9-2-4-10(5-3-9)24-12-7-6-11-13(18-12)19-14(17-11)20-15(22)23/h2-7,14,17,20H,1H3,(H,16,21)(H,18,19)(H,22,23). The van der Waals surface area contributed by atoms with Crippen molar-refractivity contribution >= 4 is 29.2 Å². The molecule has 1 aromatic heterocycles. The van der Waals surface area contributed by atoms with Crippen LogP contribution in [0.15, 0.2) is 36.4 Å². The van der Waals surface area contributed by atoms with Gasteiger partial charge in [-0.25, -0.2) is 4.79 Å². The highest BCUT2D eigenvalue weighted by Crippen LogP contribution is 2.30. The van der Waals surface area contributed by atoms with Crippen LogP contribution < -0.4 is 26.0 Å². The summed E-state index contributed by atoms with van der Waals surface area (Å²) in [5, 5.41) is 19.4. The van der Waals surface area contributed by atoms with Crippen LogP contribution in [-0.2, 0) is 4.79 Å². The van der Waals surface area contributed by atoms with E-state index in [2.05, 4.69) is 26.3 Å². The topological polar surface area (TPSA) is 125 Å². The minimum atomic E-state index is -1.15. The molecule has 0 radical (unpaired) electrons. The fraction of sp³-hybridized carbons (Fsp3) is 0.133. The number of nitrogens with one attached hydrogen (secondary N) is 4. The lowest BCUT2D eigenvalue weighted by Gasteiger charge is -2.10. The first-order valence-electron chi connectivity index (χ1n) is 7.09. The zero-order chi connectivity index (χ0) is 17.1. The molecule has 2 heterocycles. The van der Waals surface area contributed by atoms with Gasteiger partial charge < -0.3 is 25.8 Å². The molecule has 0 saturated carbocycles. The molecule has 0 fully saturated rings. The summed E-state index contributed by atoms with van der Waals surface area (Å²) in [7, 11) is 0. The van der Waals surface area contributed by atoms with Gasteiger partial charge in [0, 0.05) is 18.7 Å². The molecule has 5 N–H and O–H groups in total. The summed E-state index contributed by atoms with van der Waals surface area (Å²) in [6.07, 6.45) is -1.79. The number of fused-ring (bicyclic) bond motifs is 1. The van der Waals surface area contributed by atoms with E-state index in [9.17, 15) is 9.59 Å². The predicted molar refractivity (Wildman–Crippen MR) is 87.3 cm³/mol. The van der Waals surface area contributed by atoms with Gasteiger partial charge in [-0.05, 0) is 30.3 Å². The Morgan fingerprint density at radius 3 is 2.58 bits per heavy atom. The van der Waals surface area contributed by atoms with Crippen molar-refractivity contribution in [2.24, 2.45) is 0 Å². The zero-order valence-corrected chi connectivity index (χ0v) is 12.7. The van der Waals surface area contributed by atoms with E-state index in [1.165, 1.54) is 6.92 Å². The van der Waals surface area contributed by atoms with Crippen molar-refractivity contribution in [1.29, 1.82) is 0 Å². The van der Waals surface area contributed by atoms with Crippen LogP contribution in [0.1, 0.15) is 6.92 Å². The Hall–Kier alpha value is -3.49. The minimum Gasteiger partial charge on any atom is -0.465 e. The van der Waals surface area contributed by atoms with Crippen molar-refractivity contribution in [2.75, 3.05) is 16.0 Å². The van der Waals surface area contributed by atoms with Gasteiger partial charge in [0.2, 0.25) is 11.8 Å². The van der Waals surface area contributed by atoms with E-state index in [0.717, 1.165) is 0 Å². The summed E-state index contributed by atoms with van der Waals surface area (Å²) in [6, 6.07) is 10.3. The largest absolute Gasteiger partial charge is 0.465 e. The van der Waals surface area contributed by atoms with Gasteiger partial charge in [0.1, 0.15) is 5.75 Å². The van der Waals surface area contributed by atoms with Gasteiger partial charge in [-0.15, -0.1) is 0 Å². The molecule has 0 aliphatic carbocycles.